The van der Waals surface area contributed by atoms with Gasteiger partial charge in [0.05, 0.1) is 6.61 Å². The summed E-state index contributed by atoms with van der Waals surface area (Å²) in [4.78, 5) is 30.7. The van der Waals surface area contributed by atoms with Gasteiger partial charge in [-0.3, -0.25) is 4.52 Å². The van der Waals surface area contributed by atoms with Gasteiger partial charge in [0.1, 0.15) is 19.3 Å². The molecule has 0 saturated heterocycles. The molecule has 0 amide bonds. The fourth-order valence-corrected chi connectivity index (χ4v) is 3.41. The van der Waals surface area contributed by atoms with Gasteiger partial charge in [0.25, 0.3) is 0 Å². The number of nitrogens with two attached hydrogens (primary N) is 2. The van der Waals surface area contributed by atoms with Crippen LogP contribution in [0, 0.1) is 0 Å². The Morgan fingerprint density at radius 1 is 0.938 bits per heavy atom. The lowest BCUT2D eigenvalue weighted by Gasteiger charge is -2.23. The van der Waals surface area contributed by atoms with Gasteiger partial charge in [-0.2, -0.15) is 0 Å². The Morgan fingerprint density at radius 3 is 1.91 bits per heavy atom. The van der Waals surface area contributed by atoms with E-state index in [0.29, 0.717) is 22.5 Å². The number of anilines is 2. The maximum Gasteiger partial charge on any atom is 0.470 e. The highest BCUT2D eigenvalue weighted by Crippen LogP contribution is 2.41. The number of aliphatic hydroxyl groups is 1. The smallest absolute Gasteiger partial charge is 0.470 e. The number of ether oxygens (including phenoxy) is 3. The highest BCUT2D eigenvalue weighted by atomic mass is 31.2. The van der Waals surface area contributed by atoms with E-state index in [1.165, 1.54) is 0 Å². The Balaban J connectivity index is 1.86. The van der Waals surface area contributed by atoms with Crippen LogP contribution in [0.1, 0.15) is 11.1 Å². The SMILES string of the molecule is Nc1ccc(COC2=C(OCc3ccc(N)cc3)C(C(CO)OP(=O)(O)O)OC2=O)cc1. The van der Waals surface area contributed by atoms with Gasteiger partial charge in [0, 0.05) is 11.4 Å². The van der Waals surface area contributed by atoms with Gasteiger partial charge in [-0.05, 0) is 35.4 Å². The number of hydrogen-bond acceptors (Lipinski definition) is 9. The molecule has 172 valence electrons. The highest BCUT2D eigenvalue weighted by molar-refractivity contribution is 7.46. The molecule has 1 aliphatic rings. The van der Waals surface area contributed by atoms with Crippen LogP contribution >= 0.6 is 7.82 Å². The third kappa shape index (κ3) is 6.22. The number of nitrogen functional groups attached to an aromatic ring is 2. The molecule has 0 aromatic heterocycles. The van der Waals surface area contributed by atoms with Crippen LogP contribution in [0.4, 0.5) is 11.4 Å². The predicted octanol–water partition coefficient (Wildman–Crippen LogP) is 1.19. The van der Waals surface area contributed by atoms with Crippen LogP contribution in [0.15, 0.2) is 60.0 Å². The Labute approximate surface area is 183 Å². The summed E-state index contributed by atoms with van der Waals surface area (Å²) in [7, 11) is -5.00. The van der Waals surface area contributed by atoms with Crippen LogP contribution in [0.2, 0.25) is 0 Å². The molecule has 1 heterocycles. The minimum Gasteiger partial charge on any atom is -0.485 e. The number of phosphoric ester groups is 1. The average molecular weight is 466 g/mol. The van der Waals surface area contributed by atoms with E-state index in [-0.39, 0.29) is 24.7 Å². The van der Waals surface area contributed by atoms with Crippen LogP contribution in [-0.4, -0.2) is 39.7 Å². The summed E-state index contributed by atoms with van der Waals surface area (Å²) in [5, 5.41) is 9.59. The predicted molar refractivity (Wildman–Crippen MR) is 112 cm³/mol. The standard InChI is InChI=1S/C20H23N2O9P/c21-14-5-1-12(2-6-14)10-28-18-17(16(9-23)31-32(25,26)27)30-20(24)19(18)29-11-13-3-7-15(22)8-4-13/h1-8,16-17,23H,9-11,21-22H2,(H2,25,26,27). The molecule has 2 unspecified atom stereocenters. The molecule has 2 atom stereocenters. The third-order valence-corrected chi connectivity index (χ3v) is 4.97. The minimum atomic E-state index is -5.00. The van der Waals surface area contributed by atoms with Crippen LogP contribution < -0.4 is 11.5 Å². The van der Waals surface area contributed by atoms with Gasteiger partial charge in [-0.15, -0.1) is 0 Å². The van der Waals surface area contributed by atoms with Gasteiger partial charge in [0.15, 0.2) is 11.9 Å². The van der Waals surface area contributed by atoms with E-state index in [9.17, 15) is 14.5 Å². The summed E-state index contributed by atoms with van der Waals surface area (Å²) in [6.45, 7) is -0.927. The first kappa shape index (κ1) is 23.6. The normalized spacial score (nSPS) is 17.2. The van der Waals surface area contributed by atoms with E-state index in [4.69, 9.17) is 35.5 Å². The van der Waals surface area contributed by atoms with E-state index >= 15 is 0 Å². The number of cyclic esters (lactones) is 1. The lowest BCUT2D eigenvalue weighted by molar-refractivity contribution is -0.148. The molecule has 11 nitrogen and oxygen atoms in total. The second kappa shape index (κ2) is 10.0. The molecule has 0 radical (unpaired) electrons. The monoisotopic (exact) mass is 466 g/mol. The lowest BCUT2D eigenvalue weighted by Crippen LogP contribution is -2.34. The van der Waals surface area contributed by atoms with Crippen molar-refractivity contribution in [2.75, 3.05) is 18.1 Å². The third-order valence-electron chi connectivity index (χ3n) is 4.43. The molecule has 12 heteroatoms. The Bertz CT molecular complexity index is 1020. The van der Waals surface area contributed by atoms with Gasteiger partial charge >= 0.3 is 13.8 Å². The first-order valence-corrected chi connectivity index (χ1v) is 10.9. The molecular formula is C20H23N2O9P. The minimum absolute atomic E-state index is 0.0324. The maximum absolute atomic E-state index is 12.5. The van der Waals surface area contributed by atoms with Crippen LogP contribution in [-0.2, 0) is 41.3 Å². The molecular weight excluding hydrogens is 443 g/mol. The molecule has 32 heavy (non-hydrogen) atoms. The fourth-order valence-electron chi connectivity index (χ4n) is 2.88. The highest BCUT2D eigenvalue weighted by Gasteiger charge is 2.45. The summed E-state index contributed by atoms with van der Waals surface area (Å²) in [6.07, 6.45) is -3.02. The van der Waals surface area contributed by atoms with Crippen molar-refractivity contribution in [1.82, 2.24) is 0 Å². The van der Waals surface area contributed by atoms with Crippen molar-refractivity contribution >= 4 is 25.2 Å². The second-order valence-electron chi connectivity index (χ2n) is 6.90. The number of hydrogen-bond donors (Lipinski definition) is 5. The maximum atomic E-state index is 12.5. The molecule has 0 fully saturated rings. The molecule has 2 aromatic rings. The lowest BCUT2D eigenvalue weighted by atomic mass is 10.1. The zero-order chi connectivity index (χ0) is 23.3. The molecule has 3 rings (SSSR count). The first-order valence-electron chi connectivity index (χ1n) is 9.40. The number of carbonyl (C=O) groups excluding carboxylic acids is 1. The van der Waals surface area contributed by atoms with Gasteiger partial charge in [0.2, 0.25) is 5.76 Å². The van der Waals surface area contributed by atoms with E-state index in [1.807, 2.05) is 0 Å². The molecule has 0 bridgehead atoms. The van der Waals surface area contributed by atoms with Gasteiger partial charge < -0.3 is 40.6 Å². The van der Waals surface area contributed by atoms with Crippen LogP contribution in [0.5, 0.6) is 0 Å². The van der Waals surface area contributed by atoms with Crippen molar-refractivity contribution in [3.63, 3.8) is 0 Å². The Hall–Kier alpha value is -3.08. The van der Waals surface area contributed by atoms with Crippen molar-refractivity contribution in [2.45, 2.75) is 25.4 Å². The van der Waals surface area contributed by atoms with Crippen molar-refractivity contribution in [2.24, 2.45) is 0 Å². The Morgan fingerprint density at radius 2 is 1.44 bits per heavy atom. The van der Waals surface area contributed by atoms with E-state index < -0.39 is 32.6 Å². The van der Waals surface area contributed by atoms with E-state index in [1.54, 1.807) is 48.5 Å². The Kier molecular flexibility index (Phi) is 7.39. The van der Waals surface area contributed by atoms with Gasteiger partial charge in [-0.1, -0.05) is 24.3 Å². The van der Waals surface area contributed by atoms with E-state index in [2.05, 4.69) is 4.52 Å². The van der Waals surface area contributed by atoms with Crippen molar-refractivity contribution in [3.05, 3.63) is 71.2 Å². The zero-order valence-corrected chi connectivity index (χ0v) is 17.7. The number of aliphatic hydroxyl groups excluding tert-OH is 1. The summed E-state index contributed by atoms with van der Waals surface area (Å²) in [5.41, 5.74) is 13.8. The van der Waals surface area contributed by atoms with Crippen molar-refractivity contribution < 1.29 is 43.0 Å². The molecule has 0 spiro atoms. The largest absolute Gasteiger partial charge is 0.485 e. The average Bonchev–Trinajstić information content (AvgIpc) is 3.05. The summed E-state index contributed by atoms with van der Waals surface area (Å²) >= 11 is 0. The second-order valence-corrected chi connectivity index (χ2v) is 8.09. The number of esters is 1. The topological polar surface area (TPSA) is 184 Å². The molecule has 1 aliphatic heterocycles. The van der Waals surface area contributed by atoms with Gasteiger partial charge in [-0.25, -0.2) is 9.36 Å². The van der Waals surface area contributed by atoms with Crippen LogP contribution in [0.25, 0.3) is 0 Å². The number of benzene rings is 2. The zero-order valence-electron chi connectivity index (χ0n) is 16.8. The van der Waals surface area contributed by atoms with Crippen molar-refractivity contribution in [3.8, 4) is 0 Å². The van der Waals surface area contributed by atoms with Crippen molar-refractivity contribution in [1.29, 1.82) is 0 Å². The molecule has 0 aliphatic carbocycles. The number of carbonyl (C=O) groups is 1. The first-order chi connectivity index (χ1) is 15.2. The fraction of sp³-hybridized carbons (Fsp3) is 0.250. The van der Waals surface area contributed by atoms with E-state index in [0.717, 1.165) is 0 Å². The summed E-state index contributed by atoms with van der Waals surface area (Å²) < 4.78 is 32.4. The number of rotatable bonds is 10. The summed E-state index contributed by atoms with van der Waals surface area (Å²) in [5.74, 6) is -1.38. The number of phosphoric acid groups is 1. The molecule has 7 N–H and O–H groups in total. The molecule has 0 saturated carbocycles. The quantitative estimate of drug-likeness (QED) is 0.192. The van der Waals surface area contributed by atoms with Crippen LogP contribution in [0.3, 0.4) is 0 Å². The molecule has 2 aromatic carbocycles. The summed E-state index contributed by atoms with van der Waals surface area (Å²) in [6, 6.07) is 13.5.